The van der Waals surface area contributed by atoms with Crippen molar-refractivity contribution in [3.8, 4) is 0 Å². The predicted molar refractivity (Wildman–Crippen MR) is 146 cm³/mol. The van der Waals surface area contributed by atoms with E-state index in [1.807, 2.05) is 60.7 Å². The molecule has 196 valence electrons. The van der Waals surface area contributed by atoms with Crippen molar-refractivity contribution < 1.29 is 36.1 Å². The second-order valence-electron chi connectivity index (χ2n) is 8.26. The number of amides is 2. The summed E-state index contributed by atoms with van der Waals surface area (Å²) in [7, 11) is 1.31. The Kier molecular flexibility index (Phi) is 10.9. The van der Waals surface area contributed by atoms with Crippen molar-refractivity contribution in [3.05, 3.63) is 113 Å². The third-order valence-corrected chi connectivity index (χ3v) is 6.73. The highest BCUT2D eigenvalue weighted by molar-refractivity contribution is 8.18. The van der Waals surface area contributed by atoms with E-state index in [1.54, 1.807) is 29.2 Å². The average Bonchev–Trinajstić information content (AvgIpc) is 3.22. The summed E-state index contributed by atoms with van der Waals surface area (Å²) in [5.41, 5.74) is 3.17. The molecule has 4 rings (SSSR count). The molecular formula is C29H27BrN3O4S-. The molecule has 1 aliphatic heterocycles. The zero-order valence-corrected chi connectivity index (χ0v) is 23.2. The summed E-state index contributed by atoms with van der Waals surface area (Å²) in [6.45, 7) is 1.00. The first kappa shape index (κ1) is 28.9. The second-order valence-corrected chi connectivity index (χ2v) is 9.27. The fourth-order valence-electron chi connectivity index (χ4n) is 3.74. The Hall–Kier alpha value is -3.69. The Morgan fingerprint density at radius 1 is 0.921 bits per heavy atom. The number of ether oxygens (including phenoxy) is 1. The Balaban J connectivity index is 0.00000400. The summed E-state index contributed by atoms with van der Waals surface area (Å²) in [5.74, 6) is -1.13. The smallest absolute Gasteiger partial charge is 0.337 e. The molecule has 0 unspecified atom stereocenters. The van der Waals surface area contributed by atoms with Gasteiger partial charge in [-0.25, -0.2) is 4.79 Å². The van der Waals surface area contributed by atoms with Crippen LogP contribution in [-0.2, 0) is 27.2 Å². The highest BCUT2D eigenvalue weighted by Gasteiger charge is 2.33. The number of esters is 1. The molecule has 1 N–H and O–H groups in total. The van der Waals surface area contributed by atoms with E-state index in [0.717, 1.165) is 12.0 Å². The number of aliphatic imine (C=N–C) groups is 1. The third-order valence-electron chi connectivity index (χ3n) is 5.68. The van der Waals surface area contributed by atoms with Crippen LogP contribution in [0.1, 0.15) is 21.5 Å². The number of nitrogens with one attached hydrogen (secondary N) is 1. The van der Waals surface area contributed by atoms with Gasteiger partial charge in [0.2, 0.25) is 5.91 Å². The largest absolute Gasteiger partial charge is 1.00 e. The number of rotatable bonds is 9. The van der Waals surface area contributed by atoms with Gasteiger partial charge in [-0.05, 0) is 60.0 Å². The number of carbonyl (C=O) groups is 3. The minimum Gasteiger partial charge on any atom is -1.00 e. The molecule has 0 atom stereocenters. The minimum absolute atomic E-state index is 0. The van der Waals surface area contributed by atoms with Crippen LogP contribution in [0.2, 0.25) is 0 Å². The van der Waals surface area contributed by atoms with Crippen molar-refractivity contribution in [2.75, 3.05) is 25.5 Å². The van der Waals surface area contributed by atoms with E-state index in [9.17, 15) is 14.4 Å². The number of carbonyl (C=O) groups excluding carboxylic acids is 3. The lowest BCUT2D eigenvalue weighted by molar-refractivity contribution is -0.122. The van der Waals surface area contributed by atoms with Crippen LogP contribution in [0.25, 0.3) is 0 Å². The van der Waals surface area contributed by atoms with Crippen LogP contribution in [0, 0.1) is 0 Å². The molecule has 1 saturated heterocycles. The molecule has 7 nitrogen and oxygen atoms in total. The van der Waals surface area contributed by atoms with Crippen LogP contribution in [0.3, 0.4) is 0 Å². The number of anilines is 1. The molecule has 0 aromatic heterocycles. The summed E-state index contributed by atoms with van der Waals surface area (Å²) >= 11 is 1.21. The van der Waals surface area contributed by atoms with Crippen LogP contribution in [-0.4, -0.2) is 48.1 Å². The molecule has 0 radical (unpaired) electrons. The SMILES string of the molecule is COC(=O)c1ccc(NC(=O)/C=C2\SC(=NCCc3ccccc3)N(CCc3ccccc3)C2=O)cc1.[Br-]. The third kappa shape index (κ3) is 7.90. The fourth-order valence-corrected chi connectivity index (χ4v) is 4.74. The van der Waals surface area contributed by atoms with E-state index in [-0.39, 0.29) is 22.9 Å². The number of methoxy groups -OCH3 is 1. The number of nitrogens with zero attached hydrogens (tertiary/aromatic N) is 2. The Morgan fingerprint density at radius 2 is 1.53 bits per heavy atom. The van der Waals surface area contributed by atoms with E-state index in [0.29, 0.717) is 40.8 Å². The van der Waals surface area contributed by atoms with E-state index in [2.05, 4.69) is 10.1 Å². The predicted octanol–water partition coefficient (Wildman–Crippen LogP) is 1.72. The van der Waals surface area contributed by atoms with Crippen molar-refractivity contribution in [2.45, 2.75) is 12.8 Å². The lowest BCUT2D eigenvalue weighted by Crippen LogP contribution is -3.00. The van der Waals surface area contributed by atoms with Crippen molar-refractivity contribution in [1.29, 1.82) is 0 Å². The first-order chi connectivity index (χ1) is 18.0. The van der Waals surface area contributed by atoms with Crippen molar-refractivity contribution >= 4 is 40.4 Å². The second kappa shape index (κ2) is 14.3. The zero-order chi connectivity index (χ0) is 26.0. The van der Waals surface area contributed by atoms with Gasteiger partial charge in [0.05, 0.1) is 17.6 Å². The highest BCUT2D eigenvalue weighted by Crippen LogP contribution is 2.31. The van der Waals surface area contributed by atoms with Crippen LogP contribution >= 0.6 is 11.8 Å². The maximum absolute atomic E-state index is 13.2. The molecule has 1 fully saturated rings. The molecule has 0 spiro atoms. The van der Waals surface area contributed by atoms with Crippen LogP contribution in [0.15, 0.2) is 101 Å². The topological polar surface area (TPSA) is 88.1 Å². The number of hydrogen-bond donors (Lipinski definition) is 1. The number of thioether (sulfide) groups is 1. The molecule has 1 aliphatic rings. The van der Waals surface area contributed by atoms with Gasteiger partial charge in [0.1, 0.15) is 0 Å². The normalized spacial score (nSPS) is 14.9. The van der Waals surface area contributed by atoms with Gasteiger partial charge >= 0.3 is 5.97 Å². The van der Waals surface area contributed by atoms with E-state index >= 15 is 0 Å². The molecule has 1 heterocycles. The average molecular weight is 594 g/mol. The van der Waals surface area contributed by atoms with Gasteiger partial charge in [0.15, 0.2) is 5.17 Å². The van der Waals surface area contributed by atoms with Crippen LogP contribution < -0.4 is 22.3 Å². The van der Waals surface area contributed by atoms with Gasteiger partial charge in [-0.15, -0.1) is 0 Å². The zero-order valence-electron chi connectivity index (χ0n) is 20.8. The van der Waals surface area contributed by atoms with Crippen LogP contribution in [0.4, 0.5) is 5.69 Å². The van der Waals surface area contributed by atoms with Gasteiger partial charge in [-0.1, -0.05) is 60.7 Å². The Labute approximate surface area is 236 Å². The number of amidine groups is 1. The molecule has 2 amide bonds. The summed E-state index contributed by atoms with van der Waals surface area (Å²) in [6.07, 6.45) is 2.74. The lowest BCUT2D eigenvalue weighted by Gasteiger charge is -2.15. The molecule has 3 aromatic rings. The molecule has 0 saturated carbocycles. The molecule has 0 bridgehead atoms. The first-order valence-corrected chi connectivity index (χ1v) is 12.7. The van der Waals surface area contributed by atoms with Crippen LogP contribution in [0.5, 0.6) is 0 Å². The fraction of sp³-hybridized carbons (Fsp3) is 0.172. The summed E-state index contributed by atoms with van der Waals surface area (Å²) in [4.78, 5) is 44.2. The quantitative estimate of drug-likeness (QED) is 0.302. The molecular weight excluding hydrogens is 566 g/mol. The van der Waals surface area contributed by atoms with Gasteiger partial charge in [0.25, 0.3) is 5.91 Å². The summed E-state index contributed by atoms with van der Waals surface area (Å²) in [5, 5.41) is 3.33. The number of halogens is 1. The minimum atomic E-state index is -0.456. The van der Waals surface area contributed by atoms with Gasteiger partial charge < -0.3 is 27.0 Å². The summed E-state index contributed by atoms with van der Waals surface area (Å²) < 4.78 is 4.69. The Morgan fingerprint density at radius 3 is 2.13 bits per heavy atom. The van der Waals surface area contributed by atoms with Gasteiger partial charge in [0, 0.05) is 24.9 Å². The number of hydrogen-bond acceptors (Lipinski definition) is 6. The molecule has 38 heavy (non-hydrogen) atoms. The van der Waals surface area contributed by atoms with E-state index in [4.69, 9.17) is 4.99 Å². The molecule has 3 aromatic carbocycles. The van der Waals surface area contributed by atoms with Crippen molar-refractivity contribution in [2.24, 2.45) is 4.99 Å². The van der Waals surface area contributed by atoms with Gasteiger partial charge in [-0.2, -0.15) is 0 Å². The monoisotopic (exact) mass is 592 g/mol. The maximum Gasteiger partial charge on any atom is 0.337 e. The van der Waals surface area contributed by atoms with Crippen molar-refractivity contribution in [1.82, 2.24) is 4.90 Å². The lowest BCUT2D eigenvalue weighted by atomic mass is 10.1. The van der Waals surface area contributed by atoms with Crippen molar-refractivity contribution in [3.63, 3.8) is 0 Å². The van der Waals surface area contributed by atoms with Gasteiger partial charge in [-0.3, -0.25) is 19.5 Å². The Bertz CT molecular complexity index is 1310. The highest BCUT2D eigenvalue weighted by atomic mass is 79.9. The maximum atomic E-state index is 13.2. The summed E-state index contributed by atoms with van der Waals surface area (Å²) in [6, 6.07) is 26.3. The van der Waals surface area contributed by atoms with E-state index < -0.39 is 11.9 Å². The van der Waals surface area contributed by atoms with E-state index in [1.165, 1.54) is 30.5 Å². The first-order valence-electron chi connectivity index (χ1n) is 11.9. The molecule has 9 heteroatoms. The number of benzene rings is 3. The standard InChI is InChI=1S/C29H27N3O4S.BrH/c1-36-28(35)23-12-14-24(15-13-23)31-26(33)20-25-27(34)32(19-17-22-10-6-3-7-11-22)29(37-25)30-18-16-21-8-4-2-5-9-21;/h2-15,20H,16-19H2,1H3,(H,31,33);1H/p-1/b25-20-,30-29?;. The molecule has 0 aliphatic carbocycles.